The van der Waals surface area contributed by atoms with Crippen molar-refractivity contribution in [3.8, 4) is 0 Å². The van der Waals surface area contributed by atoms with E-state index in [1.54, 1.807) is 0 Å². The van der Waals surface area contributed by atoms with Crippen LogP contribution in [-0.4, -0.2) is 11.2 Å². The number of aliphatic hydroxyl groups is 1. The SMILES string of the molecule is CC1(C(O)C2=CCCCCC2)CCCCC1. The second kappa shape index (κ2) is 5.35. The number of rotatable bonds is 2. The summed E-state index contributed by atoms with van der Waals surface area (Å²) in [5.41, 5.74) is 1.52. The van der Waals surface area contributed by atoms with E-state index in [-0.39, 0.29) is 11.5 Å². The Morgan fingerprint density at radius 3 is 2.50 bits per heavy atom. The molecular weight excluding hydrogens is 196 g/mol. The molecule has 0 bridgehead atoms. The Morgan fingerprint density at radius 2 is 1.75 bits per heavy atom. The second-order valence-electron chi connectivity index (χ2n) is 6.00. The van der Waals surface area contributed by atoms with Crippen LogP contribution >= 0.6 is 0 Å². The molecule has 16 heavy (non-hydrogen) atoms. The first-order chi connectivity index (χ1) is 7.72. The predicted octanol–water partition coefficient (Wildman–Crippen LogP) is 4.21. The highest BCUT2D eigenvalue weighted by atomic mass is 16.3. The Hall–Kier alpha value is -0.300. The van der Waals surface area contributed by atoms with Crippen LogP contribution in [0.5, 0.6) is 0 Å². The van der Waals surface area contributed by atoms with Crippen molar-refractivity contribution in [3.63, 3.8) is 0 Å². The molecule has 1 heteroatoms. The maximum Gasteiger partial charge on any atom is 0.0803 e. The quantitative estimate of drug-likeness (QED) is 0.694. The van der Waals surface area contributed by atoms with Gasteiger partial charge in [0.2, 0.25) is 0 Å². The molecule has 1 N–H and O–H groups in total. The Labute approximate surface area is 99.9 Å². The molecule has 0 aromatic heterocycles. The van der Waals surface area contributed by atoms with Gasteiger partial charge in [0, 0.05) is 0 Å². The molecule has 2 aliphatic rings. The van der Waals surface area contributed by atoms with Crippen LogP contribution in [0.15, 0.2) is 11.6 Å². The summed E-state index contributed by atoms with van der Waals surface area (Å²) in [7, 11) is 0. The average Bonchev–Trinajstić information content (AvgIpc) is 2.57. The van der Waals surface area contributed by atoms with E-state index in [4.69, 9.17) is 0 Å². The van der Waals surface area contributed by atoms with Gasteiger partial charge in [0.25, 0.3) is 0 Å². The van der Waals surface area contributed by atoms with Gasteiger partial charge >= 0.3 is 0 Å². The highest BCUT2D eigenvalue weighted by Crippen LogP contribution is 2.42. The van der Waals surface area contributed by atoms with Crippen molar-refractivity contribution in [2.24, 2.45) is 5.41 Å². The van der Waals surface area contributed by atoms with E-state index in [2.05, 4.69) is 13.0 Å². The normalized spacial score (nSPS) is 28.0. The van der Waals surface area contributed by atoms with Crippen LogP contribution in [0, 0.1) is 5.41 Å². The molecule has 0 radical (unpaired) electrons. The van der Waals surface area contributed by atoms with Crippen LogP contribution in [0.2, 0.25) is 0 Å². The maximum absolute atomic E-state index is 10.6. The van der Waals surface area contributed by atoms with Crippen molar-refractivity contribution in [1.82, 2.24) is 0 Å². The largest absolute Gasteiger partial charge is 0.388 e. The fraction of sp³-hybridized carbons (Fsp3) is 0.867. The topological polar surface area (TPSA) is 20.2 Å². The molecule has 0 saturated heterocycles. The van der Waals surface area contributed by atoms with Gasteiger partial charge in [-0.25, -0.2) is 0 Å². The maximum atomic E-state index is 10.6. The molecule has 0 heterocycles. The molecule has 1 atom stereocenters. The molecule has 0 spiro atoms. The van der Waals surface area contributed by atoms with Crippen molar-refractivity contribution < 1.29 is 5.11 Å². The lowest BCUT2D eigenvalue weighted by molar-refractivity contribution is 0.0333. The Balaban J connectivity index is 2.03. The highest BCUT2D eigenvalue weighted by molar-refractivity contribution is 5.14. The molecule has 0 aromatic rings. The van der Waals surface area contributed by atoms with Crippen molar-refractivity contribution in [2.75, 3.05) is 0 Å². The molecular formula is C15H26O. The zero-order valence-electron chi connectivity index (χ0n) is 10.7. The van der Waals surface area contributed by atoms with Crippen LogP contribution in [0.1, 0.15) is 71.1 Å². The van der Waals surface area contributed by atoms with Gasteiger partial charge < -0.3 is 5.11 Å². The number of hydrogen-bond acceptors (Lipinski definition) is 1. The lowest BCUT2D eigenvalue weighted by Crippen LogP contribution is -2.35. The fourth-order valence-corrected chi connectivity index (χ4v) is 3.37. The highest BCUT2D eigenvalue weighted by Gasteiger charge is 2.36. The third-order valence-corrected chi connectivity index (χ3v) is 4.58. The summed E-state index contributed by atoms with van der Waals surface area (Å²) in [4.78, 5) is 0. The first kappa shape index (κ1) is 12.2. The first-order valence-corrected chi connectivity index (χ1v) is 7.09. The Bertz CT molecular complexity index is 248. The van der Waals surface area contributed by atoms with Crippen molar-refractivity contribution >= 4 is 0 Å². The molecule has 0 amide bonds. The predicted molar refractivity (Wildman–Crippen MR) is 68.4 cm³/mol. The summed E-state index contributed by atoms with van der Waals surface area (Å²) < 4.78 is 0. The van der Waals surface area contributed by atoms with E-state index in [9.17, 15) is 5.11 Å². The van der Waals surface area contributed by atoms with Gasteiger partial charge in [-0.15, -0.1) is 0 Å². The minimum atomic E-state index is -0.161. The van der Waals surface area contributed by atoms with Crippen molar-refractivity contribution in [2.45, 2.75) is 77.2 Å². The van der Waals surface area contributed by atoms with Crippen LogP contribution < -0.4 is 0 Å². The van der Waals surface area contributed by atoms with E-state index in [1.165, 1.54) is 63.4 Å². The van der Waals surface area contributed by atoms with Gasteiger partial charge in [-0.05, 0) is 49.5 Å². The minimum Gasteiger partial charge on any atom is -0.388 e. The molecule has 0 aliphatic heterocycles. The first-order valence-electron chi connectivity index (χ1n) is 7.09. The molecule has 2 aliphatic carbocycles. The summed E-state index contributed by atoms with van der Waals surface area (Å²) in [6, 6.07) is 0. The van der Waals surface area contributed by atoms with Gasteiger partial charge in [0.15, 0.2) is 0 Å². The van der Waals surface area contributed by atoms with Crippen LogP contribution in [0.3, 0.4) is 0 Å². The smallest absolute Gasteiger partial charge is 0.0803 e. The second-order valence-corrected chi connectivity index (χ2v) is 6.00. The number of hydrogen-bond donors (Lipinski definition) is 1. The average molecular weight is 222 g/mol. The summed E-state index contributed by atoms with van der Waals surface area (Å²) in [6.45, 7) is 2.29. The van der Waals surface area contributed by atoms with Crippen molar-refractivity contribution in [3.05, 3.63) is 11.6 Å². The molecule has 92 valence electrons. The zero-order chi connectivity index (χ0) is 11.4. The van der Waals surface area contributed by atoms with Crippen LogP contribution in [-0.2, 0) is 0 Å². The van der Waals surface area contributed by atoms with E-state index in [0.29, 0.717) is 0 Å². The lowest BCUT2D eigenvalue weighted by atomic mass is 9.69. The van der Waals surface area contributed by atoms with E-state index in [1.807, 2.05) is 0 Å². The van der Waals surface area contributed by atoms with Crippen LogP contribution in [0.25, 0.3) is 0 Å². The van der Waals surface area contributed by atoms with Crippen molar-refractivity contribution in [1.29, 1.82) is 0 Å². The zero-order valence-corrected chi connectivity index (χ0v) is 10.7. The molecule has 1 fully saturated rings. The Morgan fingerprint density at radius 1 is 1.06 bits per heavy atom. The van der Waals surface area contributed by atoms with Crippen LogP contribution in [0.4, 0.5) is 0 Å². The molecule has 0 aromatic carbocycles. The molecule has 1 nitrogen and oxygen atoms in total. The standard InChI is InChI=1S/C15H26O/c1-15(11-7-4-8-12-15)14(16)13-9-5-2-3-6-10-13/h9,14,16H,2-8,10-12H2,1H3. The molecule has 1 saturated carbocycles. The lowest BCUT2D eigenvalue weighted by Gasteiger charge is -2.39. The van der Waals surface area contributed by atoms with Gasteiger partial charge in [-0.3, -0.25) is 0 Å². The monoisotopic (exact) mass is 222 g/mol. The molecule has 2 rings (SSSR count). The van der Waals surface area contributed by atoms with Gasteiger partial charge in [-0.2, -0.15) is 0 Å². The van der Waals surface area contributed by atoms with E-state index >= 15 is 0 Å². The number of allylic oxidation sites excluding steroid dienone is 1. The Kier molecular flexibility index (Phi) is 4.07. The number of aliphatic hydroxyl groups excluding tert-OH is 1. The molecule has 1 unspecified atom stereocenters. The summed E-state index contributed by atoms with van der Waals surface area (Å²) in [5, 5.41) is 10.6. The summed E-state index contributed by atoms with van der Waals surface area (Å²) in [5.74, 6) is 0. The minimum absolute atomic E-state index is 0.161. The summed E-state index contributed by atoms with van der Waals surface area (Å²) in [6.07, 6.45) is 14.8. The summed E-state index contributed by atoms with van der Waals surface area (Å²) >= 11 is 0. The van der Waals surface area contributed by atoms with E-state index in [0.717, 1.165) is 6.42 Å². The van der Waals surface area contributed by atoms with Gasteiger partial charge in [0.05, 0.1) is 6.10 Å². The third kappa shape index (κ3) is 2.68. The fourth-order valence-electron chi connectivity index (χ4n) is 3.37. The van der Waals surface area contributed by atoms with Gasteiger partial charge in [-0.1, -0.05) is 38.7 Å². The third-order valence-electron chi connectivity index (χ3n) is 4.58. The van der Waals surface area contributed by atoms with E-state index < -0.39 is 0 Å². The van der Waals surface area contributed by atoms with Gasteiger partial charge in [0.1, 0.15) is 0 Å².